The molecule has 2 rings (SSSR count). The monoisotopic (exact) mass is 353 g/mol. The molecule has 1 aromatic heterocycles. The number of rotatable bonds is 4. The summed E-state index contributed by atoms with van der Waals surface area (Å²) in [4.78, 5) is 39.0. The first kappa shape index (κ1) is 18.2. The van der Waals surface area contributed by atoms with Gasteiger partial charge in [-0.2, -0.15) is 0 Å². The van der Waals surface area contributed by atoms with Crippen LogP contribution >= 0.6 is 11.6 Å². The van der Waals surface area contributed by atoms with Gasteiger partial charge in [-0.15, -0.1) is 0 Å². The lowest BCUT2D eigenvalue weighted by atomic mass is 9.86. The number of nitrogens with one attached hydrogen (secondary N) is 2. The highest BCUT2D eigenvalue weighted by atomic mass is 35.5. The molecule has 0 bridgehead atoms. The second kappa shape index (κ2) is 8.63. The molecule has 0 aliphatic heterocycles. The van der Waals surface area contributed by atoms with Crippen LogP contribution in [0.15, 0.2) is 18.3 Å². The highest BCUT2D eigenvalue weighted by molar-refractivity contribution is 6.29. The predicted octanol–water partition coefficient (Wildman–Crippen LogP) is 2.30. The first-order chi connectivity index (χ1) is 11.5. The van der Waals surface area contributed by atoms with Crippen molar-refractivity contribution in [2.45, 2.75) is 38.6 Å². The summed E-state index contributed by atoms with van der Waals surface area (Å²) in [5, 5.41) is 5.20. The van der Waals surface area contributed by atoms with Gasteiger partial charge in [0.1, 0.15) is 5.15 Å². The third-order valence-corrected chi connectivity index (χ3v) is 4.20. The molecule has 7 nitrogen and oxygen atoms in total. The fourth-order valence-corrected chi connectivity index (χ4v) is 2.72. The third kappa shape index (κ3) is 5.49. The van der Waals surface area contributed by atoms with E-state index < -0.39 is 24.5 Å². The van der Waals surface area contributed by atoms with E-state index in [1.165, 1.54) is 18.3 Å². The Labute approximate surface area is 145 Å². The number of imide groups is 1. The molecule has 24 heavy (non-hydrogen) atoms. The maximum Gasteiger partial charge on any atom is 0.340 e. The zero-order valence-electron chi connectivity index (χ0n) is 13.4. The summed E-state index contributed by atoms with van der Waals surface area (Å²) < 4.78 is 4.83. The third-order valence-electron chi connectivity index (χ3n) is 3.98. The lowest BCUT2D eigenvalue weighted by Crippen LogP contribution is -2.48. The zero-order chi connectivity index (χ0) is 17.5. The lowest BCUT2D eigenvalue weighted by molar-refractivity contribution is -0.123. The minimum Gasteiger partial charge on any atom is -0.452 e. The van der Waals surface area contributed by atoms with E-state index in [-0.39, 0.29) is 16.8 Å². The molecule has 0 aromatic carbocycles. The number of urea groups is 1. The van der Waals surface area contributed by atoms with E-state index in [0.29, 0.717) is 5.92 Å². The van der Waals surface area contributed by atoms with E-state index >= 15 is 0 Å². The SMILES string of the molecule is C[C@H]1CCCC[C@@H]1NC(=O)NC(=O)COC(=O)c1ccc(Cl)nc1. The number of amides is 3. The normalized spacial score (nSPS) is 20.1. The van der Waals surface area contributed by atoms with Crippen LogP contribution in [0.4, 0.5) is 4.79 Å². The van der Waals surface area contributed by atoms with Gasteiger partial charge in [-0.3, -0.25) is 10.1 Å². The van der Waals surface area contributed by atoms with Crippen molar-refractivity contribution in [3.63, 3.8) is 0 Å². The van der Waals surface area contributed by atoms with Gasteiger partial charge in [-0.05, 0) is 30.9 Å². The van der Waals surface area contributed by atoms with Crippen molar-refractivity contribution in [2.24, 2.45) is 5.92 Å². The maximum atomic E-state index is 11.8. The molecule has 1 aliphatic rings. The van der Waals surface area contributed by atoms with Crippen LogP contribution in [0.2, 0.25) is 5.15 Å². The smallest absolute Gasteiger partial charge is 0.340 e. The number of carbonyl (C=O) groups excluding carboxylic acids is 3. The van der Waals surface area contributed by atoms with Crippen molar-refractivity contribution < 1.29 is 19.1 Å². The van der Waals surface area contributed by atoms with Crippen LogP contribution in [0.3, 0.4) is 0 Å². The standard InChI is InChI=1S/C16H20ClN3O4/c1-10-4-2-3-5-12(10)19-16(23)20-14(21)9-24-15(22)11-6-7-13(17)18-8-11/h6-8,10,12H,2-5,9H2,1H3,(H2,19,20,21,23)/t10-,12-/m0/s1. The summed E-state index contributed by atoms with van der Waals surface area (Å²) in [5.74, 6) is -1.02. The van der Waals surface area contributed by atoms with Crippen molar-refractivity contribution in [2.75, 3.05) is 6.61 Å². The van der Waals surface area contributed by atoms with Gasteiger partial charge in [0.25, 0.3) is 5.91 Å². The minimum atomic E-state index is -0.712. The average Bonchev–Trinajstić information content (AvgIpc) is 2.55. The van der Waals surface area contributed by atoms with Gasteiger partial charge in [0.05, 0.1) is 5.56 Å². The molecule has 8 heteroatoms. The second-order valence-corrected chi connectivity index (χ2v) is 6.22. The molecule has 0 spiro atoms. The molecule has 1 fully saturated rings. The molecule has 1 heterocycles. The number of hydrogen-bond donors (Lipinski definition) is 2. The number of esters is 1. The molecular formula is C16H20ClN3O4. The van der Waals surface area contributed by atoms with Gasteiger partial charge in [-0.1, -0.05) is 31.4 Å². The Bertz CT molecular complexity index is 606. The van der Waals surface area contributed by atoms with E-state index in [2.05, 4.69) is 22.5 Å². The molecule has 1 saturated carbocycles. The summed E-state index contributed by atoms with van der Waals surface area (Å²) in [7, 11) is 0. The summed E-state index contributed by atoms with van der Waals surface area (Å²) in [6.45, 7) is 1.53. The number of aromatic nitrogens is 1. The van der Waals surface area contributed by atoms with Crippen LogP contribution in [0.5, 0.6) is 0 Å². The highest BCUT2D eigenvalue weighted by Gasteiger charge is 2.23. The fourth-order valence-electron chi connectivity index (χ4n) is 2.61. The number of hydrogen-bond acceptors (Lipinski definition) is 5. The lowest BCUT2D eigenvalue weighted by Gasteiger charge is -2.29. The molecule has 0 radical (unpaired) electrons. The second-order valence-electron chi connectivity index (χ2n) is 5.84. The fraction of sp³-hybridized carbons (Fsp3) is 0.500. The topological polar surface area (TPSA) is 97.4 Å². The molecule has 1 aliphatic carbocycles. The van der Waals surface area contributed by atoms with Gasteiger partial charge >= 0.3 is 12.0 Å². The van der Waals surface area contributed by atoms with Crippen molar-refractivity contribution >= 4 is 29.5 Å². The van der Waals surface area contributed by atoms with Gasteiger partial charge < -0.3 is 10.1 Å². The molecule has 3 amide bonds. The summed E-state index contributed by atoms with van der Waals surface area (Å²) in [6.07, 6.45) is 5.44. The highest BCUT2D eigenvalue weighted by Crippen LogP contribution is 2.23. The van der Waals surface area contributed by atoms with Crippen LogP contribution in [-0.4, -0.2) is 35.5 Å². The van der Waals surface area contributed by atoms with Gasteiger partial charge in [0.2, 0.25) is 0 Å². The van der Waals surface area contributed by atoms with Crippen molar-refractivity contribution in [3.05, 3.63) is 29.0 Å². The molecule has 0 saturated heterocycles. The zero-order valence-corrected chi connectivity index (χ0v) is 14.1. The van der Waals surface area contributed by atoms with Crippen molar-refractivity contribution in [1.29, 1.82) is 0 Å². The Kier molecular flexibility index (Phi) is 6.54. The van der Waals surface area contributed by atoms with Crippen LogP contribution in [-0.2, 0) is 9.53 Å². The summed E-state index contributed by atoms with van der Waals surface area (Å²) >= 11 is 5.62. The number of nitrogens with zero attached hydrogens (tertiary/aromatic N) is 1. The van der Waals surface area contributed by atoms with E-state index in [0.717, 1.165) is 25.7 Å². The molecule has 0 unspecified atom stereocenters. The average molecular weight is 354 g/mol. The number of pyridine rings is 1. The van der Waals surface area contributed by atoms with Crippen molar-refractivity contribution in [3.8, 4) is 0 Å². The van der Waals surface area contributed by atoms with Crippen molar-refractivity contribution in [1.82, 2.24) is 15.6 Å². The van der Waals surface area contributed by atoms with Crippen LogP contribution in [0.25, 0.3) is 0 Å². The summed E-state index contributed by atoms with van der Waals surface area (Å²) in [6, 6.07) is 2.38. The van der Waals surface area contributed by atoms with Gasteiger partial charge in [0, 0.05) is 12.2 Å². The minimum absolute atomic E-state index is 0.0641. The largest absolute Gasteiger partial charge is 0.452 e. The molecule has 2 N–H and O–H groups in total. The Morgan fingerprint density at radius 1 is 1.29 bits per heavy atom. The number of ether oxygens (including phenoxy) is 1. The quantitative estimate of drug-likeness (QED) is 0.639. The molecule has 1 aromatic rings. The van der Waals surface area contributed by atoms with Crippen LogP contribution < -0.4 is 10.6 Å². The maximum absolute atomic E-state index is 11.8. The Balaban J connectivity index is 1.73. The molecule has 130 valence electrons. The van der Waals surface area contributed by atoms with Gasteiger partial charge in [-0.25, -0.2) is 14.6 Å². The van der Waals surface area contributed by atoms with E-state index in [1.54, 1.807) is 0 Å². The first-order valence-corrected chi connectivity index (χ1v) is 8.22. The molecular weight excluding hydrogens is 334 g/mol. The van der Waals surface area contributed by atoms with E-state index in [4.69, 9.17) is 16.3 Å². The Morgan fingerprint density at radius 2 is 2.04 bits per heavy atom. The van der Waals surface area contributed by atoms with Crippen LogP contribution in [0, 0.1) is 5.92 Å². The summed E-state index contributed by atoms with van der Waals surface area (Å²) in [5.41, 5.74) is 0.174. The van der Waals surface area contributed by atoms with Crippen LogP contribution in [0.1, 0.15) is 43.0 Å². The van der Waals surface area contributed by atoms with E-state index in [1.807, 2.05) is 0 Å². The Hall–Kier alpha value is -2.15. The molecule has 2 atom stereocenters. The predicted molar refractivity (Wildman–Crippen MR) is 87.6 cm³/mol. The van der Waals surface area contributed by atoms with Gasteiger partial charge in [0.15, 0.2) is 6.61 Å². The Morgan fingerprint density at radius 3 is 2.71 bits per heavy atom. The number of carbonyl (C=O) groups is 3. The van der Waals surface area contributed by atoms with E-state index in [9.17, 15) is 14.4 Å². The first-order valence-electron chi connectivity index (χ1n) is 7.84. The number of halogens is 1.